The Morgan fingerprint density at radius 2 is 1.67 bits per heavy atom. The van der Waals surface area contributed by atoms with Crippen LogP contribution in [0.15, 0.2) is 36.4 Å². The number of piperidine rings is 1. The number of hydrogen-bond acceptors (Lipinski definition) is 13. The van der Waals surface area contributed by atoms with Crippen LogP contribution >= 0.6 is 0 Å². The summed E-state index contributed by atoms with van der Waals surface area (Å²) in [4.78, 5) is 78.1. The second-order valence-corrected chi connectivity index (χ2v) is 11.3. The van der Waals surface area contributed by atoms with Crippen molar-refractivity contribution in [2.75, 3.05) is 88.3 Å². The van der Waals surface area contributed by atoms with Gasteiger partial charge in [0.25, 0.3) is 17.5 Å². The van der Waals surface area contributed by atoms with Crippen molar-refractivity contribution >= 4 is 52.3 Å². The van der Waals surface area contributed by atoms with Gasteiger partial charge in [0.2, 0.25) is 17.7 Å². The van der Waals surface area contributed by atoms with Gasteiger partial charge in [-0.1, -0.05) is 6.07 Å². The van der Waals surface area contributed by atoms with E-state index in [0.717, 1.165) is 43.3 Å². The first-order valence-corrected chi connectivity index (χ1v) is 15.5. The lowest BCUT2D eigenvalue weighted by molar-refractivity contribution is -0.383. The number of piperazine rings is 1. The number of carbonyl (C=O) groups is 5. The molecular formula is C31H37N7O10. The van der Waals surface area contributed by atoms with Gasteiger partial charge in [0.05, 0.1) is 54.8 Å². The first-order chi connectivity index (χ1) is 23.1. The highest BCUT2D eigenvalue weighted by Gasteiger charge is 2.45. The largest absolute Gasteiger partial charge is 0.393 e. The molecule has 2 aromatic rings. The number of nitro benzene ring substituents is 1. The number of amides is 5. The molecule has 17 heteroatoms. The molecule has 1 unspecified atom stereocenters. The van der Waals surface area contributed by atoms with Crippen LogP contribution in [0.5, 0.6) is 0 Å². The Bertz CT molecular complexity index is 1580. The molecule has 4 N–H and O–H groups in total. The fraction of sp³-hybridized carbons (Fsp3) is 0.452. The number of nitrogen functional groups attached to an aromatic ring is 1. The summed E-state index contributed by atoms with van der Waals surface area (Å²) in [7, 11) is 0. The molecule has 48 heavy (non-hydrogen) atoms. The van der Waals surface area contributed by atoms with Crippen molar-refractivity contribution in [2.24, 2.45) is 0 Å². The monoisotopic (exact) mass is 667 g/mol. The van der Waals surface area contributed by atoms with Crippen LogP contribution in [0.1, 0.15) is 33.6 Å². The molecule has 256 valence electrons. The maximum absolute atomic E-state index is 13.1. The lowest BCUT2D eigenvalue weighted by atomic mass is 10.0. The van der Waals surface area contributed by atoms with Gasteiger partial charge in [-0.15, -0.1) is 0 Å². The first kappa shape index (κ1) is 34.4. The summed E-state index contributed by atoms with van der Waals surface area (Å²) in [6.45, 7) is 5.29. The summed E-state index contributed by atoms with van der Waals surface area (Å²) >= 11 is 0. The van der Waals surface area contributed by atoms with Gasteiger partial charge in [-0.3, -0.25) is 49.2 Å². The molecule has 0 aromatic heterocycles. The van der Waals surface area contributed by atoms with E-state index < -0.39 is 40.5 Å². The third kappa shape index (κ3) is 8.11. The topological polar surface area (TPSA) is 216 Å². The maximum Gasteiger partial charge on any atom is 0.292 e. The molecule has 3 aliphatic rings. The van der Waals surface area contributed by atoms with E-state index in [-0.39, 0.29) is 60.9 Å². The fourth-order valence-corrected chi connectivity index (χ4v) is 5.74. The fourth-order valence-electron chi connectivity index (χ4n) is 5.74. The van der Waals surface area contributed by atoms with Crippen LogP contribution in [0.3, 0.4) is 0 Å². The minimum absolute atomic E-state index is 0.00680. The minimum Gasteiger partial charge on any atom is -0.393 e. The number of anilines is 3. The number of nitro groups is 1. The molecule has 1 atom stereocenters. The van der Waals surface area contributed by atoms with Crippen LogP contribution in [0.4, 0.5) is 22.7 Å². The Balaban J connectivity index is 0.923. The zero-order chi connectivity index (χ0) is 34.2. The Labute approximate surface area is 275 Å². The van der Waals surface area contributed by atoms with Gasteiger partial charge in [-0.2, -0.15) is 0 Å². The number of benzene rings is 2. The lowest BCUT2D eigenvalue weighted by Gasteiger charge is -2.36. The molecule has 2 fully saturated rings. The van der Waals surface area contributed by atoms with Gasteiger partial charge >= 0.3 is 0 Å². The van der Waals surface area contributed by atoms with Gasteiger partial charge in [-0.05, 0) is 30.7 Å². The predicted octanol–water partition coefficient (Wildman–Crippen LogP) is 0.389. The van der Waals surface area contributed by atoms with Crippen molar-refractivity contribution < 1.29 is 43.1 Å². The van der Waals surface area contributed by atoms with Crippen LogP contribution in [-0.2, 0) is 28.6 Å². The van der Waals surface area contributed by atoms with Crippen molar-refractivity contribution in [3.8, 4) is 0 Å². The van der Waals surface area contributed by atoms with Gasteiger partial charge < -0.3 is 30.2 Å². The highest BCUT2D eigenvalue weighted by Crippen LogP contribution is 2.32. The summed E-state index contributed by atoms with van der Waals surface area (Å²) in [6, 6.07) is 8.14. The van der Waals surface area contributed by atoms with Crippen LogP contribution in [-0.4, -0.2) is 123 Å². The predicted molar refractivity (Wildman–Crippen MR) is 170 cm³/mol. The molecule has 0 radical (unpaired) electrons. The number of imide groups is 2. The molecule has 17 nitrogen and oxygen atoms in total. The normalized spacial score (nSPS) is 18.2. The number of nitrogens with two attached hydrogens (primary N) is 1. The van der Waals surface area contributed by atoms with E-state index in [0.29, 0.717) is 19.8 Å². The van der Waals surface area contributed by atoms with Crippen molar-refractivity contribution in [3.63, 3.8) is 0 Å². The number of nitrogens with one attached hydrogen (secondary N) is 2. The van der Waals surface area contributed by atoms with Crippen molar-refractivity contribution in [1.82, 2.24) is 15.1 Å². The standard InChI is InChI=1S/C31H37N7O10/c32-22-18-20(4-5-24(22)38(44)45)36-10-8-35(9-11-36)12-13-46-14-15-47-16-17-48-19-27(40)33-23-3-1-2-21-28(23)31(43)37(30(21)42)25-6-7-26(39)34-29(25)41/h1-5,18,25H,6-17,19,32H2,(H,33,40)(H,34,39,41). The molecule has 0 saturated carbocycles. The summed E-state index contributed by atoms with van der Waals surface area (Å²) in [6.07, 6.45) is 0.0380. The minimum atomic E-state index is -1.10. The van der Waals surface area contributed by atoms with Gasteiger partial charge in [-0.25, -0.2) is 0 Å². The lowest BCUT2D eigenvalue weighted by Crippen LogP contribution is -2.54. The van der Waals surface area contributed by atoms with E-state index in [9.17, 15) is 34.1 Å². The zero-order valence-corrected chi connectivity index (χ0v) is 26.2. The van der Waals surface area contributed by atoms with E-state index in [4.69, 9.17) is 19.9 Å². The molecular weight excluding hydrogens is 630 g/mol. The molecule has 5 amide bonds. The number of hydrogen-bond donors (Lipinski definition) is 3. The first-order valence-electron chi connectivity index (χ1n) is 15.5. The Kier molecular flexibility index (Phi) is 11.3. The number of carbonyl (C=O) groups excluding carboxylic acids is 5. The number of fused-ring (bicyclic) bond motifs is 1. The molecule has 3 aliphatic heterocycles. The molecule has 5 rings (SSSR count). The Morgan fingerprint density at radius 3 is 2.35 bits per heavy atom. The zero-order valence-electron chi connectivity index (χ0n) is 26.2. The smallest absolute Gasteiger partial charge is 0.292 e. The van der Waals surface area contributed by atoms with Crippen molar-refractivity contribution in [3.05, 3.63) is 57.6 Å². The highest BCUT2D eigenvalue weighted by molar-refractivity contribution is 6.26. The molecule has 2 aromatic carbocycles. The second kappa shape index (κ2) is 15.7. The number of rotatable bonds is 15. The van der Waals surface area contributed by atoms with E-state index >= 15 is 0 Å². The Morgan fingerprint density at radius 1 is 0.958 bits per heavy atom. The van der Waals surface area contributed by atoms with Crippen LogP contribution < -0.4 is 21.3 Å². The molecule has 2 saturated heterocycles. The third-order valence-corrected chi connectivity index (χ3v) is 8.22. The average Bonchev–Trinajstić information content (AvgIpc) is 3.31. The molecule has 0 spiro atoms. The summed E-state index contributed by atoms with van der Waals surface area (Å²) in [5.74, 6) is -3.10. The SMILES string of the molecule is Nc1cc(N2CCN(CCOCCOCCOCC(=O)Nc3cccc4c3C(=O)N(C3CCC(=O)NC3=O)C4=O)CC2)ccc1[N+](=O)[O-]. The molecule has 0 bridgehead atoms. The van der Waals surface area contributed by atoms with Crippen molar-refractivity contribution in [1.29, 1.82) is 0 Å². The van der Waals surface area contributed by atoms with Gasteiger partial charge in [0.15, 0.2) is 0 Å². The van der Waals surface area contributed by atoms with Crippen LogP contribution in [0.25, 0.3) is 0 Å². The number of nitrogens with zero attached hydrogens (tertiary/aromatic N) is 4. The maximum atomic E-state index is 13.1. The van der Waals surface area contributed by atoms with E-state index in [1.807, 2.05) is 0 Å². The van der Waals surface area contributed by atoms with Crippen LogP contribution in [0, 0.1) is 10.1 Å². The van der Waals surface area contributed by atoms with Gasteiger partial charge in [0, 0.05) is 50.9 Å². The van der Waals surface area contributed by atoms with E-state index in [1.165, 1.54) is 24.3 Å². The quantitative estimate of drug-likeness (QED) is 0.0771. The molecule has 0 aliphatic carbocycles. The van der Waals surface area contributed by atoms with E-state index in [2.05, 4.69) is 20.4 Å². The van der Waals surface area contributed by atoms with Crippen molar-refractivity contribution in [2.45, 2.75) is 18.9 Å². The second-order valence-electron chi connectivity index (χ2n) is 11.3. The summed E-state index contributed by atoms with van der Waals surface area (Å²) < 4.78 is 16.5. The average molecular weight is 668 g/mol. The number of ether oxygens (including phenoxy) is 3. The van der Waals surface area contributed by atoms with Crippen LogP contribution in [0.2, 0.25) is 0 Å². The van der Waals surface area contributed by atoms with Gasteiger partial charge in [0.1, 0.15) is 18.3 Å². The highest BCUT2D eigenvalue weighted by atomic mass is 16.6. The summed E-state index contributed by atoms with van der Waals surface area (Å²) in [5, 5.41) is 15.7. The summed E-state index contributed by atoms with van der Waals surface area (Å²) in [5.41, 5.74) is 6.92. The molecule has 3 heterocycles. The van der Waals surface area contributed by atoms with E-state index in [1.54, 1.807) is 12.1 Å². The Hall–Kier alpha value is -4.97. The third-order valence-electron chi connectivity index (χ3n) is 8.22.